The van der Waals surface area contributed by atoms with Gasteiger partial charge in [-0.25, -0.2) is 0 Å². The normalized spacial score (nSPS) is 12.9. The molecule has 0 N–H and O–H groups in total. The molecule has 0 fully saturated rings. The Labute approximate surface area is 259 Å². The molecule has 1 aliphatic heterocycles. The molecule has 1 nitrogen and oxygen atoms in total. The van der Waals surface area contributed by atoms with E-state index in [0.717, 1.165) is 0 Å². The van der Waals surface area contributed by atoms with Gasteiger partial charge in [0, 0.05) is 57.4 Å². The molecule has 0 saturated heterocycles. The summed E-state index contributed by atoms with van der Waals surface area (Å²) in [5.41, 5.74) is 12.0. The van der Waals surface area contributed by atoms with E-state index < -0.39 is 0 Å². The lowest BCUT2D eigenvalue weighted by Gasteiger charge is -2.38. The maximum Gasteiger partial charge on any atom is 0.247 e. The Kier molecular flexibility index (Phi) is 5.45. The lowest BCUT2D eigenvalue weighted by atomic mass is 9.33. The van der Waals surface area contributed by atoms with Crippen molar-refractivity contribution in [2.24, 2.45) is 0 Å². The Morgan fingerprint density at radius 1 is 0.488 bits per heavy atom. The maximum absolute atomic E-state index is 2.53. The monoisotopic (exact) mass is 585 g/mol. The third-order valence-corrected chi connectivity index (χ3v) is 11.5. The van der Waals surface area contributed by atoms with Gasteiger partial charge in [-0.1, -0.05) is 88.9 Å². The smallest absolute Gasteiger partial charge is 0.247 e. The third kappa shape index (κ3) is 3.70. The van der Waals surface area contributed by atoms with Crippen LogP contribution in [0.2, 0.25) is 0 Å². The van der Waals surface area contributed by atoms with E-state index in [1.54, 1.807) is 0 Å². The lowest BCUT2D eigenvalue weighted by Crippen LogP contribution is -2.58. The molecular formula is C39H28BNS2. The van der Waals surface area contributed by atoms with Crippen LogP contribution in [0.5, 0.6) is 0 Å². The van der Waals surface area contributed by atoms with Crippen LogP contribution in [0, 0.1) is 20.8 Å². The largest absolute Gasteiger partial charge is 0.311 e. The predicted octanol–water partition coefficient (Wildman–Crippen LogP) is 9.65. The minimum Gasteiger partial charge on any atom is -0.311 e. The number of fused-ring (bicyclic) bond motifs is 8. The van der Waals surface area contributed by atoms with E-state index >= 15 is 0 Å². The predicted molar refractivity (Wildman–Crippen MR) is 192 cm³/mol. The van der Waals surface area contributed by atoms with Crippen molar-refractivity contribution in [1.29, 1.82) is 0 Å². The van der Waals surface area contributed by atoms with Gasteiger partial charge in [0.25, 0.3) is 0 Å². The second-order valence-corrected chi connectivity index (χ2v) is 14.1. The average molecular weight is 586 g/mol. The zero-order chi connectivity index (χ0) is 28.8. The van der Waals surface area contributed by atoms with E-state index in [1.807, 2.05) is 22.7 Å². The van der Waals surface area contributed by atoms with E-state index in [-0.39, 0.29) is 6.71 Å². The van der Waals surface area contributed by atoms with Gasteiger partial charge in [-0.3, -0.25) is 0 Å². The maximum atomic E-state index is 2.53. The molecule has 0 radical (unpaired) electrons. The van der Waals surface area contributed by atoms with Gasteiger partial charge in [-0.15, -0.1) is 22.7 Å². The Morgan fingerprint density at radius 2 is 0.977 bits per heavy atom. The van der Waals surface area contributed by atoms with Crippen molar-refractivity contribution in [3.63, 3.8) is 0 Å². The van der Waals surface area contributed by atoms with Crippen molar-refractivity contribution < 1.29 is 0 Å². The molecule has 6 aromatic carbocycles. The second-order valence-electron chi connectivity index (χ2n) is 11.9. The molecule has 43 heavy (non-hydrogen) atoms. The molecule has 0 saturated carbocycles. The number of aryl methyl sites for hydroxylation is 3. The number of hydrogen-bond donors (Lipinski definition) is 0. The van der Waals surface area contributed by atoms with Crippen LogP contribution < -0.4 is 21.3 Å². The van der Waals surface area contributed by atoms with Crippen LogP contribution in [0.3, 0.4) is 0 Å². The van der Waals surface area contributed by atoms with Crippen LogP contribution in [0.1, 0.15) is 16.7 Å². The number of anilines is 3. The van der Waals surface area contributed by atoms with Gasteiger partial charge in [0.15, 0.2) is 0 Å². The molecule has 3 heterocycles. The van der Waals surface area contributed by atoms with E-state index in [1.165, 1.54) is 90.5 Å². The SMILES string of the molecule is Cc1cc(C)c(B2c3cc4sc5ccccc5c4cc3N(c3ccccc3)c3cc4c(cc32)sc2ccccc24)c(C)c1. The van der Waals surface area contributed by atoms with E-state index in [4.69, 9.17) is 0 Å². The first-order valence-corrected chi connectivity index (χ1v) is 16.5. The van der Waals surface area contributed by atoms with Crippen LogP contribution in [0.15, 0.2) is 115 Å². The van der Waals surface area contributed by atoms with E-state index in [2.05, 4.69) is 141 Å². The van der Waals surface area contributed by atoms with Gasteiger partial charge >= 0.3 is 0 Å². The summed E-state index contributed by atoms with van der Waals surface area (Å²) >= 11 is 3.82. The highest BCUT2D eigenvalue weighted by Crippen LogP contribution is 2.44. The van der Waals surface area contributed by atoms with Gasteiger partial charge in [-0.05, 0) is 80.2 Å². The van der Waals surface area contributed by atoms with Crippen molar-refractivity contribution in [2.75, 3.05) is 4.90 Å². The van der Waals surface area contributed by atoms with Crippen molar-refractivity contribution in [2.45, 2.75) is 20.8 Å². The summed E-state index contributed by atoms with van der Waals surface area (Å²) < 4.78 is 5.39. The summed E-state index contributed by atoms with van der Waals surface area (Å²) in [6, 6.07) is 43.3. The number of rotatable bonds is 2. The quantitative estimate of drug-likeness (QED) is 0.183. The van der Waals surface area contributed by atoms with Crippen LogP contribution >= 0.6 is 22.7 Å². The number of thiophene rings is 2. The number of hydrogen-bond acceptors (Lipinski definition) is 3. The summed E-state index contributed by atoms with van der Waals surface area (Å²) in [6.07, 6.45) is 0. The molecule has 2 aromatic heterocycles. The molecule has 0 bridgehead atoms. The van der Waals surface area contributed by atoms with Gasteiger partial charge < -0.3 is 4.90 Å². The molecule has 0 unspecified atom stereocenters. The molecule has 0 atom stereocenters. The fourth-order valence-corrected chi connectivity index (χ4v) is 9.78. The molecule has 9 rings (SSSR count). The van der Waals surface area contributed by atoms with Crippen molar-refractivity contribution in [1.82, 2.24) is 0 Å². The summed E-state index contributed by atoms with van der Waals surface area (Å²) in [5, 5.41) is 5.34. The average Bonchev–Trinajstić information content (AvgIpc) is 3.56. The van der Waals surface area contributed by atoms with E-state index in [9.17, 15) is 0 Å². The third-order valence-electron chi connectivity index (χ3n) is 9.20. The Balaban J connectivity index is 1.45. The first-order chi connectivity index (χ1) is 21.0. The Morgan fingerprint density at radius 3 is 1.51 bits per heavy atom. The summed E-state index contributed by atoms with van der Waals surface area (Å²) in [5.74, 6) is 0. The number of nitrogens with zero attached hydrogens (tertiary/aromatic N) is 1. The topological polar surface area (TPSA) is 3.24 Å². The van der Waals surface area contributed by atoms with Crippen LogP contribution in [-0.4, -0.2) is 6.71 Å². The van der Waals surface area contributed by atoms with Crippen LogP contribution in [0.25, 0.3) is 40.3 Å². The second kappa shape index (κ2) is 9.31. The molecular weight excluding hydrogens is 557 g/mol. The number of para-hydroxylation sites is 1. The van der Waals surface area contributed by atoms with Gasteiger partial charge in [0.05, 0.1) is 0 Å². The molecule has 1 aliphatic rings. The van der Waals surface area contributed by atoms with Crippen molar-refractivity contribution in [3.05, 3.63) is 132 Å². The molecule has 0 amide bonds. The molecule has 8 aromatic rings. The molecule has 0 aliphatic carbocycles. The lowest BCUT2D eigenvalue weighted by molar-refractivity contribution is 1.30. The van der Waals surface area contributed by atoms with Crippen LogP contribution in [-0.2, 0) is 0 Å². The molecule has 204 valence electrons. The summed E-state index contributed by atoms with van der Waals surface area (Å²) in [6.45, 7) is 6.95. The number of benzene rings is 6. The van der Waals surface area contributed by atoms with Gasteiger partial charge in [0.1, 0.15) is 0 Å². The summed E-state index contributed by atoms with van der Waals surface area (Å²) in [7, 11) is 0. The molecule has 4 heteroatoms. The highest BCUT2D eigenvalue weighted by Gasteiger charge is 2.38. The standard InChI is InChI=1S/C39H28BNS2/c1-23-17-24(2)39(25(3)18-23)40-31-21-37-29(27-13-7-9-15-35(27)42-37)19-33(31)41(26-11-5-4-6-12-26)34-20-30-28-14-8-10-16-36(28)43-38(30)22-32(34)40/h4-22H,1-3H3. The molecule has 0 spiro atoms. The van der Waals surface area contributed by atoms with E-state index in [0.29, 0.717) is 0 Å². The van der Waals surface area contributed by atoms with Crippen molar-refractivity contribution >= 4 is 103 Å². The van der Waals surface area contributed by atoms with Crippen LogP contribution in [0.4, 0.5) is 17.1 Å². The fourth-order valence-electron chi connectivity index (χ4n) is 7.51. The minimum atomic E-state index is 0.134. The first kappa shape index (κ1) is 25.2. The zero-order valence-electron chi connectivity index (χ0n) is 24.3. The Hall–Kier alpha value is -4.38. The first-order valence-electron chi connectivity index (χ1n) is 14.9. The zero-order valence-corrected chi connectivity index (χ0v) is 25.9. The Bertz CT molecular complexity index is 2250. The fraction of sp³-hybridized carbons (Fsp3) is 0.0769. The minimum absolute atomic E-state index is 0.134. The summed E-state index contributed by atoms with van der Waals surface area (Å²) in [4.78, 5) is 2.53. The highest BCUT2D eigenvalue weighted by molar-refractivity contribution is 7.26. The highest BCUT2D eigenvalue weighted by atomic mass is 32.1. The van der Waals surface area contributed by atoms with Gasteiger partial charge in [-0.2, -0.15) is 0 Å². The van der Waals surface area contributed by atoms with Crippen molar-refractivity contribution in [3.8, 4) is 0 Å². The van der Waals surface area contributed by atoms with Gasteiger partial charge in [0.2, 0.25) is 6.71 Å².